The molecule has 1 N–H and O–H groups in total. The lowest BCUT2D eigenvalue weighted by molar-refractivity contribution is 0.212. The van der Waals surface area contributed by atoms with Gasteiger partial charge in [0.25, 0.3) is 0 Å². The highest BCUT2D eigenvalue weighted by Gasteiger charge is 2.40. The summed E-state index contributed by atoms with van der Waals surface area (Å²) in [5, 5.41) is 3.70. The maximum Gasteiger partial charge on any atom is 0.119 e. The molecule has 2 saturated carbocycles. The minimum Gasteiger partial charge on any atom is -0.492 e. The molecule has 2 heteroatoms. The van der Waals surface area contributed by atoms with Gasteiger partial charge in [-0.25, -0.2) is 0 Å². The Morgan fingerprint density at radius 3 is 2.71 bits per heavy atom. The van der Waals surface area contributed by atoms with Gasteiger partial charge in [0, 0.05) is 6.04 Å². The number of rotatable bonds is 8. The van der Waals surface area contributed by atoms with E-state index >= 15 is 0 Å². The fourth-order valence-corrected chi connectivity index (χ4v) is 4.30. The van der Waals surface area contributed by atoms with Gasteiger partial charge >= 0.3 is 0 Å². The van der Waals surface area contributed by atoms with Crippen LogP contribution >= 0.6 is 0 Å². The van der Waals surface area contributed by atoms with Gasteiger partial charge in [0.15, 0.2) is 0 Å². The number of ether oxygens (including phenoxy) is 1. The molecule has 2 aliphatic carbocycles. The van der Waals surface area contributed by atoms with Crippen molar-refractivity contribution < 1.29 is 4.74 Å². The lowest BCUT2D eigenvalue weighted by atomic mass is 9.84. The maximum absolute atomic E-state index is 5.99. The second-order valence-corrected chi connectivity index (χ2v) is 6.95. The molecule has 116 valence electrons. The van der Waals surface area contributed by atoms with Gasteiger partial charge in [-0.05, 0) is 68.5 Å². The van der Waals surface area contributed by atoms with Crippen molar-refractivity contribution >= 4 is 0 Å². The van der Waals surface area contributed by atoms with Crippen molar-refractivity contribution in [3.05, 3.63) is 30.3 Å². The van der Waals surface area contributed by atoms with Crippen molar-refractivity contribution in [2.24, 2.45) is 17.8 Å². The minimum absolute atomic E-state index is 0.509. The monoisotopic (exact) mass is 287 g/mol. The topological polar surface area (TPSA) is 21.3 Å². The van der Waals surface area contributed by atoms with Crippen LogP contribution in [0.15, 0.2) is 30.3 Å². The Kier molecular flexibility index (Phi) is 5.18. The fourth-order valence-electron chi connectivity index (χ4n) is 4.30. The molecule has 1 aromatic rings. The number of nitrogens with one attached hydrogen (secondary N) is 1. The van der Waals surface area contributed by atoms with Crippen LogP contribution in [-0.4, -0.2) is 19.2 Å². The van der Waals surface area contributed by atoms with Crippen molar-refractivity contribution in [3.63, 3.8) is 0 Å². The van der Waals surface area contributed by atoms with Crippen molar-refractivity contribution in [1.29, 1.82) is 0 Å². The zero-order chi connectivity index (χ0) is 14.5. The highest BCUT2D eigenvalue weighted by atomic mass is 16.5. The highest BCUT2D eigenvalue weighted by molar-refractivity contribution is 5.20. The number of benzene rings is 1. The van der Waals surface area contributed by atoms with Crippen LogP contribution in [-0.2, 0) is 0 Å². The van der Waals surface area contributed by atoms with Gasteiger partial charge < -0.3 is 10.1 Å². The molecule has 2 fully saturated rings. The summed E-state index contributed by atoms with van der Waals surface area (Å²) in [6.07, 6.45) is 8.45. The second-order valence-electron chi connectivity index (χ2n) is 6.95. The summed E-state index contributed by atoms with van der Waals surface area (Å²) in [4.78, 5) is 0. The van der Waals surface area contributed by atoms with Crippen molar-refractivity contribution in [2.75, 3.05) is 13.2 Å². The molecule has 4 atom stereocenters. The normalized spacial score (nSPS) is 28.7. The van der Waals surface area contributed by atoms with E-state index in [9.17, 15) is 0 Å². The van der Waals surface area contributed by atoms with Gasteiger partial charge in [-0.15, -0.1) is 0 Å². The third kappa shape index (κ3) is 4.00. The molecule has 3 rings (SSSR count). The Morgan fingerprint density at radius 1 is 1.19 bits per heavy atom. The number of para-hydroxylation sites is 1. The van der Waals surface area contributed by atoms with E-state index in [2.05, 4.69) is 24.4 Å². The number of hydrogen-bond donors (Lipinski definition) is 1. The summed E-state index contributed by atoms with van der Waals surface area (Å²) < 4.78 is 5.99. The van der Waals surface area contributed by atoms with Gasteiger partial charge in [0.05, 0.1) is 0 Å². The Labute approximate surface area is 129 Å². The van der Waals surface area contributed by atoms with E-state index in [1.807, 2.05) is 18.2 Å². The first-order valence-electron chi connectivity index (χ1n) is 8.76. The molecular formula is C19H29NO. The van der Waals surface area contributed by atoms with E-state index in [0.717, 1.165) is 36.7 Å². The zero-order valence-corrected chi connectivity index (χ0v) is 13.3. The van der Waals surface area contributed by atoms with Crippen LogP contribution in [0.5, 0.6) is 5.75 Å². The molecule has 0 spiro atoms. The first-order valence-corrected chi connectivity index (χ1v) is 8.76. The van der Waals surface area contributed by atoms with Gasteiger partial charge in [0.1, 0.15) is 12.4 Å². The quantitative estimate of drug-likeness (QED) is 0.771. The van der Waals surface area contributed by atoms with E-state index in [-0.39, 0.29) is 0 Å². The molecule has 0 aromatic heterocycles. The summed E-state index contributed by atoms with van der Waals surface area (Å²) in [5.74, 6) is 3.99. The van der Waals surface area contributed by atoms with E-state index in [0.29, 0.717) is 6.04 Å². The molecule has 2 nitrogen and oxygen atoms in total. The van der Waals surface area contributed by atoms with Crippen LogP contribution in [0, 0.1) is 17.8 Å². The average Bonchev–Trinajstić information content (AvgIpc) is 3.13. The van der Waals surface area contributed by atoms with E-state index < -0.39 is 0 Å². The lowest BCUT2D eigenvalue weighted by Gasteiger charge is -2.27. The number of fused-ring (bicyclic) bond motifs is 2. The minimum atomic E-state index is 0.509. The fraction of sp³-hybridized carbons (Fsp3) is 0.684. The molecule has 2 aliphatic rings. The van der Waals surface area contributed by atoms with Crippen LogP contribution < -0.4 is 10.1 Å². The molecule has 2 bridgehead atoms. The first kappa shape index (κ1) is 14.9. The number of hydrogen-bond acceptors (Lipinski definition) is 2. The molecule has 0 saturated heterocycles. The summed E-state index contributed by atoms with van der Waals surface area (Å²) in [5.41, 5.74) is 0. The van der Waals surface area contributed by atoms with Crippen LogP contribution in [0.1, 0.15) is 45.4 Å². The van der Waals surface area contributed by atoms with Gasteiger partial charge in [-0.1, -0.05) is 31.5 Å². The predicted octanol–water partition coefficient (Wildman–Crippen LogP) is 4.26. The standard InChI is InChI=1S/C19H29NO/c1-2-10-20-18(14-21-19-6-4-3-5-7-19)13-17-12-15-8-9-16(17)11-15/h3-7,15-18,20H,2,8-14H2,1H3. The molecule has 21 heavy (non-hydrogen) atoms. The Bertz CT molecular complexity index is 419. The Morgan fingerprint density at radius 2 is 2.05 bits per heavy atom. The average molecular weight is 287 g/mol. The summed E-state index contributed by atoms with van der Waals surface area (Å²) in [7, 11) is 0. The van der Waals surface area contributed by atoms with Crippen LogP contribution in [0.3, 0.4) is 0 Å². The molecule has 0 aliphatic heterocycles. The van der Waals surface area contributed by atoms with Crippen molar-refractivity contribution in [3.8, 4) is 5.75 Å². The first-order chi connectivity index (χ1) is 10.3. The Hall–Kier alpha value is -1.02. The molecule has 0 amide bonds. The van der Waals surface area contributed by atoms with Crippen molar-refractivity contribution in [2.45, 2.75) is 51.5 Å². The zero-order valence-electron chi connectivity index (χ0n) is 13.3. The largest absolute Gasteiger partial charge is 0.492 e. The smallest absolute Gasteiger partial charge is 0.119 e. The SMILES string of the molecule is CCCNC(COc1ccccc1)CC1CC2CCC1C2. The summed E-state index contributed by atoms with van der Waals surface area (Å²) >= 11 is 0. The summed E-state index contributed by atoms with van der Waals surface area (Å²) in [6, 6.07) is 10.7. The Balaban J connectivity index is 1.51. The molecule has 0 radical (unpaired) electrons. The molecule has 1 aromatic carbocycles. The van der Waals surface area contributed by atoms with Crippen molar-refractivity contribution in [1.82, 2.24) is 5.32 Å². The lowest BCUT2D eigenvalue weighted by Crippen LogP contribution is -2.37. The third-order valence-electron chi connectivity index (χ3n) is 5.35. The molecular weight excluding hydrogens is 258 g/mol. The summed E-state index contributed by atoms with van der Waals surface area (Å²) in [6.45, 7) is 4.14. The van der Waals surface area contributed by atoms with Crippen LogP contribution in [0.25, 0.3) is 0 Å². The van der Waals surface area contributed by atoms with E-state index in [4.69, 9.17) is 4.74 Å². The van der Waals surface area contributed by atoms with E-state index in [1.165, 1.54) is 38.5 Å². The second kappa shape index (κ2) is 7.31. The predicted molar refractivity (Wildman–Crippen MR) is 87.6 cm³/mol. The molecule has 0 heterocycles. The highest BCUT2D eigenvalue weighted by Crippen LogP contribution is 2.49. The van der Waals surface area contributed by atoms with Crippen LogP contribution in [0.2, 0.25) is 0 Å². The van der Waals surface area contributed by atoms with E-state index in [1.54, 1.807) is 0 Å². The maximum atomic E-state index is 5.99. The van der Waals surface area contributed by atoms with Crippen LogP contribution in [0.4, 0.5) is 0 Å². The van der Waals surface area contributed by atoms with Gasteiger partial charge in [-0.2, -0.15) is 0 Å². The molecule has 4 unspecified atom stereocenters. The van der Waals surface area contributed by atoms with Gasteiger partial charge in [0.2, 0.25) is 0 Å². The third-order valence-corrected chi connectivity index (χ3v) is 5.35. The van der Waals surface area contributed by atoms with Gasteiger partial charge in [-0.3, -0.25) is 0 Å².